The molecular formula is C16H15Cl2NS. The van der Waals surface area contributed by atoms with E-state index in [9.17, 15) is 0 Å². The zero-order valence-corrected chi connectivity index (χ0v) is 13.4. The zero-order chi connectivity index (χ0) is 14.1. The van der Waals surface area contributed by atoms with Gasteiger partial charge >= 0.3 is 0 Å². The minimum atomic E-state index is 0.251. The lowest BCUT2D eigenvalue weighted by molar-refractivity contribution is 0.515. The maximum atomic E-state index is 6.16. The van der Waals surface area contributed by atoms with Crippen LogP contribution < -0.4 is 5.32 Å². The molecule has 2 aromatic carbocycles. The van der Waals surface area contributed by atoms with Crippen molar-refractivity contribution >= 4 is 35.0 Å². The monoisotopic (exact) mass is 323 g/mol. The third-order valence-corrected chi connectivity index (χ3v) is 5.70. The van der Waals surface area contributed by atoms with Crippen LogP contribution in [-0.2, 0) is 0 Å². The molecule has 0 fully saturated rings. The van der Waals surface area contributed by atoms with Crippen LogP contribution in [0.15, 0.2) is 47.4 Å². The van der Waals surface area contributed by atoms with Crippen molar-refractivity contribution in [1.29, 1.82) is 0 Å². The topological polar surface area (TPSA) is 12.0 Å². The smallest absolute Gasteiger partial charge is 0.0595 e. The summed E-state index contributed by atoms with van der Waals surface area (Å²) in [7, 11) is 2.00. The van der Waals surface area contributed by atoms with Gasteiger partial charge in [-0.15, -0.1) is 11.8 Å². The van der Waals surface area contributed by atoms with Gasteiger partial charge in [0.15, 0.2) is 0 Å². The number of rotatable bonds is 3. The second-order valence-electron chi connectivity index (χ2n) is 4.90. The summed E-state index contributed by atoms with van der Waals surface area (Å²) in [5, 5.41) is 4.65. The second-order valence-corrected chi connectivity index (χ2v) is 6.77. The number of likely N-dealkylation sites (N-methyl/N-ethyl adjacent to an activating group) is 1. The predicted molar refractivity (Wildman–Crippen MR) is 88.2 cm³/mol. The van der Waals surface area contributed by atoms with Crippen LogP contribution in [0.2, 0.25) is 10.0 Å². The van der Waals surface area contributed by atoms with Crippen molar-refractivity contribution in [3.63, 3.8) is 0 Å². The van der Waals surface area contributed by atoms with Crippen molar-refractivity contribution in [2.45, 2.75) is 16.9 Å². The van der Waals surface area contributed by atoms with Gasteiger partial charge in [-0.2, -0.15) is 0 Å². The Bertz CT molecular complexity index is 630. The lowest BCUT2D eigenvalue weighted by Gasteiger charge is -2.24. The van der Waals surface area contributed by atoms with E-state index in [1.807, 2.05) is 30.9 Å². The average Bonchev–Trinajstić information content (AvgIpc) is 2.88. The first-order valence-electron chi connectivity index (χ1n) is 6.54. The van der Waals surface area contributed by atoms with E-state index in [2.05, 4.69) is 35.6 Å². The summed E-state index contributed by atoms with van der Waals surface area (Å²) in [6.45, 7) is 0. The number of thioether (sulfide) groups is 1. The molecule has 104 valence electrons. The molecule has 0 aromatic heterocycles. The van der Waals surface area contributed by atoms with E-state index in [1.54, 1.807) is 0 Å². The van der Waals surface area contributed by atoms with Crippen molar-refractivity contribution in [3.8, 4) is 0 Å². The molecule has 20 heavy (non-hydrogen) atoms. The highest BCUT2D eigenvalue weighted by Crippen LogP contribution is 2.45. The van der Waals surface area contributed by atoms with E-state index in [4.69, 9.17) is 23.2 Å². The Morgan fingerprint density at radius 2 is 1.95 bits per heavy atom. The fourth-order valence-corrected chi connectivity index (χ4v) is 4.37. The summed E-state index contributed by atoms with van der Waals surface area (Å²) in [5.74, 6) is 1.55. The molecule has 2 unspecified atom stereocenters. The van der Waals surface area contributed by atoms with Gasteiger partial charge in [0.2, 0.25) is 0 Å². The summed E-state index contributed by atoms with van der Waals surface area (Å²) >= 11 is 14.1. The van der Waals surface area contributed by atoms with Crippen molar-refractivity contribution in [2.75, 3.05) is 12.8 Å². The van der Waals surface area contributed by atoms with E-state index in [-0.39, 0.29) is 6.04 Å². The molecule has 1 nitrogen and oxygen atoms in total. The van der Waals surface area contributed by atoms with Crippen LogP contribution >= 0.6 is 35.0 Å². The first kappa shape index (κ1) is 14.3. The van der Waals surface area contributed by atoms with E-state index >= 15 is 0 Å². The fraction of sp³-hybridized carbons (Fsp3) is 0.250. The van der Waals surface area contributed by atoms with Crippen LogP contribution in [0.3, 0.4) is 0 Å². The molecule has 1 aliphatic rings. The number of nitrogens with one attached hydrogen (secondary N) is 1. The molecule has 0 bridgehead atoms. The number of hydrogen-bond acceptors (Lipinski definition) is 2. The van der Waals surface area contributed by atoms with E-state index in [1.165, 1.54) is 16.0 Å². The highest BCUT2D eigenvalue weighted by Gasteiger charge is 2.30. The SMILES string of the molecule is CNC(c1ccc(Cl)c(Cl)c1)C1CSc2ccccc21. The Morgan fingerprint density at radius 1 is 1.15 bits per heavy atom. The molecular weight excluding hydrogens is 309 g/mol. The Hall–Kier alpha value is -0.670. The van der Waals surface area contributed by atoms with Crippen LogP contribution in [0.5, 0.6) is 0 Å². The van der Waals surface area contributed by atoms with Gasteiger partial charge in [-0.3, -0.25) is 0 Å². The van der Waals surface area contributed by atoms with Crippen LogP contribution in [0, 0.1) is 0 Å². The van der Waals surface area contributed by atoms with Gasteiger partial charge in [-0.05, 0) is 36.4 Å². The van der Waals surface area contributed by atoms with Crippen LogP contribution in [-0.4, -0.2) is 12.8 Å². The number of benzene rings is 2. The van der Waals surface area contributed by atoms with Crippen LogP contribution in [0.1, 0.15) is 23.1 Å². The predicted octanol–water partition coefficient (Wildman–Crippen LogP) is 5.14. The average molecular weight is 324 g/mol. The van der Waals surface area contributed by atoms with Gasteiger partial charge in [0.05, 0.1) is 10.0 Å². The standard InChI is InChI=1S/C16H15Cl2NS/c1-19-16(10-6-7-13(17)14(18)8-10)12-9-20-15-5-3-2-4-11(12)15/h2-8,12,16,19H,9H2,1H3. The molecule has 2 aromatic rings. The van der Waals surface area contributed by atoms with E-state index in [0.717, 1.165) is 5.75 Å². The summed E-state index contributed by atoms with van der Waals surface area (Å²) < 4.78 is 0. The number of fused-ring (bicyclic) bond motifs is 1. The minimum absolute atomic E-state index is 0.251. The molecule has 0 saturated carbocycles. The maximum Gasteiger partial charge on any atom is 0.0595 e. The molecule has 0 aliphatic carbocycles. The van der Waals surface area contributed by atoms with E-state index in [0.29, 0.717) is 16.0 Å². The highest BCUT2D eigenvalue weighted by atomic mass is 35.5. The van der Waals surface area contributed by atoms with Crippen LogP contribution in [0.4, 0.5) is 0 Å². The molecule has 1 N–H and O–H groups in total. The van der Waals surface area contributed by atoms with Crippen molar-refractivity contribution in [2.24, 2.45) is 0 Å². The largest absolute Gasteiger partial charge is 0.312 e. The van der Waals surface area contributed by atoms with Crippen molar-refractivity contribution < 1.29 is 0 Å². The Labute approximate surface area is 133 Å². The molecule has 0 radical (unpaired) electrons. The number of hydrogen-bond donors (Lipinski definition) is 1. The van der Waals surface area contributed by atoms with E-state index < -0.39 is 0 Å². The first-order valence-corrected chi connectivity index (χ1v) is 8.29. The lowest BCUT2D eigenvalue weighted by Crippen LogP contribution is -2.24. The van der Waals surface area contributed by atoms with Gasteiger partial charge in [0.25, 0.3) is 0 Å². The van der Waals surface area contributed by atoms with Gasteiger partial charge in [-0.25, -0.2) is 0 Å². The van der Waals surface area contributed by atoms with Crippen molar-refractivity contribution in [1.82, 2.24) is 5.32 Å². The summed E-state index contributed by atoms with van der Waals surface area (Å²) in [5.41, 5.74) is 2.60. The molecule has 0 saturated heterocycles. The third kappa shape index (κ3) is 2.58. The second kappa shape index (κ2) is 5.98. The normalized spacial score (nSPS) is 18.9. The lowest BCUT2D eigenvalue weighted by atomic mass is 9.89. The highest BCUT2D eigenvalue weighted by molar-refractivity contribution is 7.99. The Morgan fingerprint density at radius 3 is 2.70 bits per heavy atom. The molecule has 1 heterocycles. The first-order chi connectivity index (χ1) is 9.70. The van der Waals surface area contributed by atoms with Gasteiger partial charge in [0.1, 0.15) is 0 Å². The van der Waals surface area contributed by atoms with Gasteiger partial charge < -0.3 is 5.32 Å². The zero-order valence-electron chi connectivity index (χ0n) is 11.1. The third-order valence-electron chi connectivity index (χ3n) is 3.75. The molecule has 3 rings (SSSR count). The minimum Gasteiger partial charge on any atom is -0.312 e. The molecule has 2 atom stereocenters. The summed E-state index contributed by atoms with van der Waals surface area (Å²) in [6, 6.07) is 14.8. The fourth-order valence-electron chi connectivity index (χ4n) is 2.77. The summed E-state index contributed by atoms with van der Waals surface area (Å²) in [4.78, 5) is 1.39. The van der Waals surface area contributed by atoms with Crippen molar-refractivity contribution in [3.05, 3.63) is 63.6 Å². The Kier molecular flexibility index (Phi) is 4.27. The van der Waals surface area contributed by atoms with Gasteiger partial charge in [0, 0.05) is 22.6 Å². The Balaban J connectivity index is 1.97. The quantitative estimate of drug-likeness (QED) is 0.838. The molecule has 4 heteroatoms. The molecule has 1 aliphatic heterocycles. The molecule has 0 amide bonds. The molecule has 0 spiro atoms. The number of halogens is 2. The van der Waals surface area contributed by atoms with Gasteiger partial charge in [-0.1, -0.05) is 47.5 Å². The maximum absolute atomic E-state index is 6.16. The van der Waals surface area contributed by atoms with Crippen LogP contribution in [0.25, 0.3) is 0 Å². The summed E-state index contributed by atoms with van der Waals surface area (Å²) in [6.07, 6.45) is 0.